The van der Waals surface area contributed by atoms with Gasteiger partial charge in [-0.1, -0.05) is 221 Å². The van der Waals surface area contributed by atoms with E-state index in [2.05, 4.69) is 34.6 Å². The third-order valence-electron chi connectivity index (χ3n) is 11.1. The normalized spacial score (nSPS) is 12.6. The predicted molar refractivity (Wildman–Crippen MR) is 229 cm³/mol. The number of carbonyl (C=O) groups is 3. The fourth-order valence-corrected chi connectivity index (χ4v) is 7.07. The molecular formula is C48H92O6. The first-order chi connectivity index (χ1) is 26.3. The van der Waals surface area contributed by atoms with Gasteiger partial charge in [-0.3, -0.25) is 14.4 Å². The molecular weight excluding hydrogens is 673 g/mol. The van der Waals surface area contributed by atoms with Gasteiger partial charge in [0.1, 0.15) is 13.2 Å². The van der Waals surface area contributed by atoms with Crippen LogP contribution < -0.4 is 0 Å². The van der Waals surface area contributed by atoms with Crippen LogP contribution in [0.15, 0.2) is 0 Å². The Hall–Kier alpha value is -1.59. The number of unbranched alkanes of at least 4 members (excludes halogenated alkanes) is 26. The summed E-state index contributed by atoms with van der Waals surface area (Å²) < 4.78 is 16.7. The van der Waals surface area contributed by atoms with Gasteiger partial charge < -0.3 is 14.2 Å². The Morgan fingerprint density at radius 3 is 1.06 bits per heavy atom. The van der Waals surface area contributed by atoms with E-state index < -0.39 is 6.10 Å². The highest BCUT2D eigenvalue weighted by molar-refractivity contribution is 5.71. The summed E-state index contributed by atoms with van der Waals surface area (Å²) in [6, 6.07) is 0. The second-order valence-electron chi connectivity index (χ2n) is 17.1. The van der Waals surface area contributed by atoms with Crippen molar-refractivity contribution in [3.8, 4) is 0 Å². The Balaban J connectivity index is 4.28. The topological polar surface area (TPSA) is 78.9 Å². The molecule has 0 aromatic carbocycles. The molecule has 0 radical (unpaired) electrons. The maximum atomic E-state index is 12.7. The van der Waals surface area contributed by atoms with Crippen molar-refractivity contribution in [3.05, 3.63) is 0 Å². The monoisotopic (exact) mass is 765 g/mol. The molecule has 0 rings (SSSR count). The molecule has 54 heavy (non-hydrogen) atoms. The zero-order valence-electron chi connectivity index (χ0n) is 36.8. The van der Waals surface area contributed by atoms with Gasteiger partial charge in [-0.25, -0.2) is 0 Å². The predicted octanol–water partition coefficient (Wildman–Crippen LogP) is 15.0. The van der Waals surface area contributed by atoms with Crippen LogP contribution in [0.3, 0.4) is 0 Å². The summed E-state index contributed by atoms with van der Waals surface area (Å²) in [4.78, 5) is 37.7. The highest BCUT2D eigenvalue weighted by Crippen LogP contribution is 2.17. The largest absolute Gasteiger partial charge is 0.462 e. The maximum Gasteiger partial charge on any atom is 0.306 e. The molecule has 2 atom stereocenters. The standard InChI is InChI=1S/C48H92O6/c1-6-8-9-10-11-12-13-14-15-16-17-18-19-22-28-33-38-46(49)52-41-45(54-48(51)40-35-30-25-24-27-32-37-44(5)7-2)42-53-47(50)39-34-29-23-20-21-26-31-36-43(3)4/h43-45H,6-42H2,1-5H3/t44?,45-/m1/s1. The molecule has 1 unspecified atom stereocenters. The van der Waals surface area contributed by atoms with Crippen LogP contribution in [-0.2, 0) is 28.6 Å². The Kier molecular flexibility index (Phi) is 39.8. The number of hydrogen-bond acceptors (Lipinski definition) is 6. The lowest BCUT2D eigenvalue weighted by Crippen LogP contribution is -2.30. The molecule has 320 valence electrons. The molecule has 0 aliphatic heterocycles. The molecule has 0 aromatic heterocycles. The van der Waals surface area contributed by atoms with Crippen molar-refractivity contribution in [1.29, 1.82) is 0 Å². The first kappa shape index (κ1) is 52.4. The zero-order chi connectivity index (χ0) is 39.7. The highest BCUT2D eigenvalue weighted by atomic mass is 16.6. The zero-order valence-corrected chi connectivity index (χ0v) is 36.8. The first-order valence-electron chi connectivity index (χ1n) is 23.8. The van der Waals surface area contributed by atoms with Gasteiger partial charge in [-0.15, -0.1) is 0 Å². The van der Waals surface area contributed by atoms with Crippen molar-refractivity contribution in [2.75, 3.05) is 13.2 Å². The van der Waals surface area contributed by atoms with E-state index in [0.29, 0.717) is 19.3 Å². The SMILES string of the molecule is CCCCCCCCCCCCCCCCCCC(=O)OC[C@H](COC(=O)CCCCCCCCCC(C)C)OC(=O)CCCCCCCCC(C)CC. The second-order valence-corrected chi connectivity index (χ2v) is 17.1. The Bertz CT molecular complexity index is 826. The molecule has 0 aliphatic rings. The van der Waals surface area contributed by atoms with E-state index in [-0.39, 0.29) is 31.1 Å². The number of hydrogen-bond donors (Lipinski definition) is 0. The quantitative estimate of drug-likeness (QED) is 0.0350. The molecule has 0 aromatic rings. The van der Waals surface area contributed by atoms with Gasteiger partial charge in [0.2, 0.25) is 0 Å². The van der Waals surface area contributed by atoms with E-state index in [0.717, 1.165) is 69.6 Å². The lowest BCUT2D eigenvalue weighted by atomic mass is 10.00. The van der Waals surface area contributed by atoms with E-state index in [1.165, 1.54) is 148 Å². The van der Waals surface area contributed by atoms with Crippen molar-refractivity contribution >= 4 is 17.9 Å². The van der Waals surface area contributed by atoms with Crippen LogP contribution in [0, 0.1) is 11.8 Å². The van der Waals surface area contributed by atoms with Crippen LogP contribution in [0.25, 0.3) is 0 Å². The number of carbonyl (C=O) groups excluding carboxylic acids is 3. The van der Waals surface area contributed by atoms with Crippen LogP contribution in [0.1, 0.15) is 259 Å². The second kappa shape index (κ2) is 41.1. The summed E-state index contributed by atoms with van der Waals surface area (Å²) in [6.07, 6.45) is 39.6. The fourth-order valence-electron chi connectivity index (χ4n) is 7.07. The summed E-state index contributed by atoms with van der Waals surface area (Å²) >= 11 is 0. The van der Waals surface area contributed by atoms with Gasteiger partial charge in [-0.05, 0) is 31.1 Å². The molecule has 6 nitrogen and oxygen atoms in total. The molecule has 0 spiro atoms. The summed E-state index contributed by atoms with van der Waals surface area (Å²) in [7, 11) is 0. The van der Waals surface area contributed by atoms with Crippen LogP contribution in [0.4, 0.5) is 0 Å². The molecule has 0 saturated heterocycles. The van der Waals surface area contributed by atoms with Gasteiger partial charge >= 0.3 is 17.9 Å². The lowest BCUT2D eigenvalue weighted by molar-refractivity contribution is -0.167. The van der Waals surface area contributed by atoms with Gasteiger partial charge in [-0.2, -0.15) is 0 Å². The third-order valence-corrected chi connectivity index (χ3v) is 11.1. The highest BCUT2D eigenvalue weighted by Gasteiger charge is 2.19. The first-order valence-corrected chi connectivity index (χ1v) is 23.8. The smallest absolute Gasteiger partial charge is 0.306 e. The van der Waals surface area contributed by atoms with Crippen LogP contribution in [0.5, 0.6) is 0 Å². The van der Waals surface area contributed by atoms with Gasteiger partial charge in [0.25, 0.3) is 0 Å². The summed E-state index contributed by atoms with van der Waals surface area (Å²) in [5, 5.41) is 0. The minimum Gasteiger partial charge on any atom is -0.462 e. The summed E-state index contributed by atoms with van der Waals surface area (Å²) in [6.45, 7) is 11.3. The minimum atomic E-state index is -0.761. The van der Waals surface area contributed by atoms with Crippen molar-refractivity contribution in [2.45, 2.75) is 265 Å². The van der Waals surface area contributed by atoms with E-state index >= 15 is 0 Å². The third kappa shape index (κ3) is 40.1. The summed E-state index contributed by atoms with van der Waals surface area (Å²) in [5.41, 5.74) is 0. The van der Waals surface area contributed by atoms with Crippen molar-refractivity contribution in [1.82, 2.24) is 0 Å². The molecule has 0 heterocycles. The van der Waals surface area contributed by atoms with Crippen LogP contribution in [-0.4, -0.2) is 37.2 Å². The minimum absolute atomic E-state index is 0.0658. The fraction of sp³-hybridized carbons (Fsp3) is 0.938. The molecule has 0 fully saturated rings. The lowest BCUT2D eigenvalue weighted by Gasteiger charge is -2.18. The van der Waals surface area contributed by atoms with E-state index in [1.54, 1.807) is 0 Å². The number of rotatable bonds is 42. The molecule has 0 saturated carbocycles. The van der Waals surface area contributed by atoms with E-state index in [9.17, 15) is 14.4 Å². The average molecular weight is 765 g/mol. The Morgan fingerprint density at radius 1 is 0.389 bits per heavy atom. The molecule has 0 aliphatic carbocycles. The van der Waals surface area contributed by atoms with Crippen molar-refractivity contribution in [3.63, 3.8) is 0 Å². The molecule has 0 N–H and O–H groups in total. The van der Waals surface area contributed by atoms with Gasteiger partial charge in [0.15, 0.2) is 6.10 Å². The average Bonchev–Trinajstić information content (AvgIpc) is 3.15. The summed E-state index contributed by atoms with van der Waals surface area (Å²) in [5.74, 6) is 0.731. The maximum absolute atomic E-state index is 12.7. The molecule has 6 heteroatoms. The van der Waals surface area contributed by atoms with Crippen molar-refractivity contribution in [2.24, 2.45) is 11.8 Å². The number of esters is 3. The molecule has 0 bridgehead atoms. The van der Waals surface area contributed by atoms with Gasteiger partial charge in [0.05, 0.1) is 0 Å². The Labute approximate surface area is 336 Å². The van der Waals surface area contributed by atoms with Crippen LogP contribution >= 0.6 is 0 Å². The van der Waals surface area contributed by atoms with E-state index in [1.807, 2.05) is 0 Å². The van der Waals surface area contributed by atoms with Gasteiger partial charge in [0, 0.05) is 19.3 Å². The molecule has 0 amide bonds. The Morgan fingerprint density at radius 2 is 0.704 bits per heavy atom. The van der Waals surface area contributed by atoms with E-state index in [4.69, 9.17) is 14.2 Å². The number of ether oxygens (including phenoxy) is 3. The van der Waals surface area contributed by atoms with Crippen LogP contribution in [0.2, 0.25) is 0 Å². The van der Waals surface area contributed by atoms with Crippen molar-refractivity contribution < 1.29 is 28.6 Å².